The van der Waals surface area contributed by atoms with E-state index in [4.69, 9.17) is 4.74 Å². The van der Waals surface area contributed by atoms with Gasteiger partial charge in [-0.3, -0.25) is 5.32 Å². The summed E-state index contributed by atoms with van der Waals surface area (Å²) in [4.78, 5) is 11.4. The Hall–Kier alpha value is -1.58. The second-order valence-corrected chi connectivity index (χ2v) is 4.46. The third-order valence-corrected chi connectivity index (χ3v) is 1.75. The van der Waals surface area contributed by atoms with Gasteiger partial charge in [0.2, 0.25) is 0 Å². The molecule has 3 nitrogen and oxygen atoms in total. The molecule has 0 atom stereocenters. The molecule has 1 N–H and O–H groups in total. The van der Waals surface area contributed by atoms with Gasteiger partial charge in [-0.05, 0) is 38.5 Å². The summed E-state index contributed by atoms with van der Waals surface area (Å²) in [6.45, 7) is 4.86. The second-order valence-electron chi connectivity index (χ2n) is 4.46. The number of amides is 1. The molecule has 0 aliphatic carbocycles. The molecule has 1 rings (SSSR count). The van der Waals surface area contributed by atoms with Crippen LogP contribution in [0.25, 0.3) is 0 Å². The van der Waals surface area contributed by atoms with Crippen LogP contribution in [0.15, 0.2) is 24.3 Å². The number of nitrogens with one attached hydrogen (secondary N) is 1. The Morgan fingerprint density at radius 1 is 1.31 bits per heavy atom. The minimum atomic E-state index is -0.525. The first kappa shape index (κ1) is 12.5. The minimum absolute atomic E-state index is 0.507. The van der Waals surface area contributed by atoms with E-state index in [9.17, 15) is 9.18 Å². The summed E-state index contributed by atoms with van der Waals surface area (Å²) < 4.78 is 17.3. The van der Waals surface area contributed by atoms with Crippen LogP contribution in [-0.4, -0.2) is 11.7 Å². The Labute approximate surface area is 94.6 Å². The van der Waals surface area contributed by atoms with Crippen LogP contribution in [0, 0.1) is 0 Å². The van der Waals surface area contributed by atoms with Crippen molar-refractivity contribution >= 4 is 11.8 Å². The maximum Gasteiger partial charge on any atom is 0.412 e. The van der Waals surface area contributed by atoms with Gasteiger partial charge in [-0.2, -0.15) is 0 Å². The van der Waals surface area contributed by atoms with Crippen molar-refractivity contribution in [2.45, 2.75) is 33.0 Å². The number of alkyl halides is 1. The maximum atomic E-state index is 12.2. The molecule has 0 aliphatic heterocycles. The molecule has 1 amide bonds. The Kier molecular flexibility index (Phi) is 3.88. The van der Waals surface area contributed by atoms with Crippen molar-refractivity contribution in [1.82, 2.24) is 0 Å². The number of anilines is 1. The fourth-order valence-electron chi connectivity index (χ4n) is 1.10. The van der Waals surface area contributed by atoms with Gasteiger partial charge in [0, 0.05) is 5.69 Å². The number of rotatable bonds is 2. The van der Waals surface area contributed by atoms with E-state index in [-0.39, 0.29) is 0 Å². The summed E-state index contributed by atoms with van der Waals surface area (Å²) in [5.41, 5.74) is 0.643. The van der Waals surface area contributed by atoms with Crippen LogP contribution in [0.2, 0.25) is 0 Å². The van der Waals surface area contributed by atoms with E-state index in [2.05, 4.69) is 5.32 Å². The van der Waals surface area contributed by atoms with Gasteiger partial charge in [0.05, 0.1) is 0 Å². The highest BCUT2D eigenvalue weighted by molar-refractivity contribution is 5.84. The third kappa shape index (κ3) is 4.29. The molecule has 16 heavy (non-hydrogen) atoms. The predicted octanol–water partition coefficient (Wildman–Crippen LogP) is 3.50. The fourth-order valence-corrected chi connectivity index (χ4v) is 1.10. The average molecular weight is 225 g/mol. The lowest BCUT2D eigenvalue weighted by molar-refractivity contribution is 0.0636. The zero-order chi connectivity index (χ0) is 12.2. The van der Waals surface area contributed by atoms with Crippen LogP contribution in [0.3, 0.4) is 0 Å². The second kappa shape index (κ2) is 4.96. The van der Waals surface area contributed by atoms with E-state index >= 15 is 0 Å². The van der Waals surface area contributed by atoms with Crippen LogP contribution in [-0.2, 0) is 11.4 Å². The van der Waals surface area contributed by atoms with Gasteiger partial charge in [0.15, 0.2) is 0 Å². The zero-order valence-electron chi connectivity index (χ0n) is 9.71. The predicted molar refractivity (Wildman–Crippen MR) is 61.1 cm³/mol. The van der Waals surface area contributed by atoms with Crippen LogP contribution < -0.4 is 5.32 Å². The van der Waals surface area contributed by atoms with Gasteiger partial charge in [-0.1, -0.05) is 12.1 Å². The maximum absolute atomic E-state index is 12.2. The number of ether oxygens (including phenoxy) is 1. The molecular weight excluding hydrogens is 209 g/mol. The number of hydrogen-bond acceptors (Lipinski definition) is 2. The summed E-state index contributed by atoms with van der Waals surface area (Å²) >= 11 is 0. The highest BCUT2D eigenvalue weighted by Gasteiger charge is 2.15. The largest absolute Gasteiger partial charge is 0.444 e. The van der Waals surface area contributed by atoms with Gasteiger partial charge < -0.3 is 4.74 Å². The van der Waals surface area contributed by atoms with E-state index < -0.39 is 18.4 Å². The monoisotopic (exact) mass is 225 g/mol. The first-order chi connectivity index (χ1) is 7.40. The standard InChI is InChI=1S/C12H16FNO2/c1-12(2,3)16-11(15)14-10-6-4-9(8-13)5-7-10/h4-7H,8H2,1-3H3,(H,14,15). The lowest BCUT2D eigenvalue weighted by Crippen LogP contribution is -2.27. The van der Waals surface area contributed by atoms with Gasteiger partial charge >= 0.3 is 6.09 Å². The van der Waals surface area contributed by atoms with Crippen molar-refractivity contribution in [3.63, 3.8) is 0 Å². The SMILES string of the molecule is CC(C)(C)OC(=O)Nc1ccc(CF)cc1. The molecule has 88 valence electrons. The molecule has 1 aromatic carbocycles. The summed E-state index contributed by atoms with van der Waals surface area (Å²) in [5, 5.41) is 2.57. The highest BCUT2D eigenvalue weighted by atomic mass is 19.1. The van der Waals surface area contributed by atoms with Crippen LogP contribution in [0.4, 0.5) is 14.9 Å². The van der Waals surface area contributed by atoms with Crippen molar-refractivity contribution in [2.24, 2.45) is 0 Å². The molecule has 0 saturated heterocycles. The van der Waals surface area contributed by atoms with Gasteiger partial charge in [0.25, 0.3) is 0 Å². The van der Waals surface area contributed by atoms with Crippen molar-refractivity contribution in [3.8, 4) is 0 Å². The fraction of sp³-hybridized carbons (Fsp3) is 0.417. The topological polar surface area (TPSA) is 38.3 Å². The molecule has 0 heterocycles. The zero-order valence-corrected chi connectivity index (χ0v) is 9.71. The number of hydrogen-bond donors (Lipinski definition) is 1. The summed E-state index contributed by atoms with van der Waals surface area (Å²) in [6.07, 6.45) is -0.513. The van der Waals surface area contributed by atoms with Crippen LogP contribution in [0.1, 0.15) is 26.3 Å². The minimum Gasteiger partial charge on any atom is -0.444 e. The third-order valence-electron chi connectivity index (χ3n) is 1.75. The van der Waals surface area contributed by atoms with Gasteiger partial charge in [-0.15, -0.1) is 0 Å². The molecule has 1 aromatic rings. The number of benzene rings is 1. The molecule has 0 saturated carbocycles. The molecule has 0 radical (unpaired) electrons. The normalized spacial score (nSPS) is 11.0. The Morgan fingerprint density at radius 3 is 2.31 bits per heavy atom. The van der Waals surface area contributed by atoms with Crippen LogP contribution >= 0.6 is 0 Å². The molecule has 0 unspecified atom stereocenters. The quantitative estimate of drug-likeness (QED) is 0.836. The van der Waals surface area contributed by atoms with Crippen molar-refractivity contribution < 1.29 is 13.9 Å². The number of halogens is 1. The van der Waals surface area contributed by atoms with E-state index in [0.717, 1.165) is 0 Å². The smallest absolute Gasteiger partial charge is 0.412 e. The molecule has 0 aromatic heterocycles. The summed E-state index contributed by atoms with van der Waals surface area (Å²) in [5.74, 6) is 0. The molecule has 0 spiro atoms. The van der Waals surface area contributed by atoms with Crippen molar-refractivity contribution in [3.05, 3.63) is 29.8 Å². The lowest BCUT2D eigenvalue weighted by atomic mass is 10.2. The summed E-state index contributed by atoms with van der Waals surface area (Å²) in [7, 11) is 0. The lowest BCUT2D eigenvalue weighted by Gasteiger charge is -2.19. The van der Waals surface area contributed by atoms with Gasteiger partial charge in [-0.25, -0.2) is 9.18 Å². The molecule has 0 fully saturated rings. The van der Waals surface area contributed by atoms with Crippen molar-refractivity contribution in [1.29, 1.82) is 0 Å². The van der Waals surface area contributed by atoms with E-state index in [1.807, 2.05) is 0 Å². The number of carbonyl (C=O) groups is 1. The first-order valence-electron chi connectivity index (χ1n) is 5.05. The molecule has 4 heteroatoms. The van der Waals surface area contributed by atoms with E-state index in [1.54, 1.807) is 45.0 Å². The Morgan fingerprint density at radius 2 is 1.88 bits per heavy atom. The van der Waals surface area contributed by atoms with E-state index in [1.165, 1.54) is 0 Å². The average Bonchev–Trinajstić information content (AvgIpc) is 2.16. The highest BCUT2D eigenvalue weighted by Crippen LogP contribution is 2.13. The summed E-state index contributed by atoms with van der Waals surface area (Å²) in [6, 6.07) is 6.51. The molecule has 0 bridgehead atoms. The van der Waals surface area contributed by atoms with Gasteiger partial charge in [0.1, 0.15) is 12.3 Å². The Bertz CT molecular complexity index is 354. The molecule has 0 aliphatic rings. The molecular formula is C12H16FNO2. The van der Waals surface area contributed by atoms with Crippen molar-refractivity contribution in [2.75, 3.05) is 5.32 Å². The van der Waals surface area contributed by atoms with E-state index in [0.29, 0.717) is 11.3 Å². The first-order valence-corrected chi connectivity index (χ1v) is 5.05. The number of carbonyl (C=O) groups excluding carboxylic acids is 1. The van der Waals surface area contributed by atoms with Crippen LogP contribution in [0.5, 0.6) is 0 Å². The Balaban J connectivity index is 2.56.